The van der Waals surface area contributed by atoms with E-state index in [1.165, 1.54) is 16.6 Å². The number of nitrogens with one attached hydrogen (secondary N) is 2. The molecule has 0 radical (unpaired) electrons. The molecule has 0 unspecified atom stereocenters. The summed E-state index contributed by atoms with van der Waals surface area (Å²) in [6.07, 6.45) is 0.655. The average molecular weight is 341 g/mol. The van der Waals surface area contributed by atoms with Crippen LogP contribution >= 0.6 is 0 Å². The minimum atomic E-state index is -0.704. The molecule has 0 fully saturated rings. The smallest absolute Gasteiger partial charge is 0.330 e. The maximum atomic E-state index is 12.6. The van der Waals surface area contributed by atoms with Crippen LogP contribution in [0.4, 0.5) is 16.3 Å². The average Bonchev–Trinajstić information content (AvgIpc) is 2.44. The SMILES string of the molecule is CCCn1c(N)c(N(CCOC)C(=O)NC(C)(C)C)c(=O)[nH]c1=O. The van der Waals surface area contributed by atoms with E-state index >= 15 is 0 Å². The summed E-state index contributed by atoms with van der Waals surface area (Å²) >= 11 is 0. The third-order valence-electron chi connectivity index (χ3n) is 3.18. The quantitative estimate of drug-likeness (QED) is 0.695. The summed E-state index contributed by atoms with van der Waals surface area (Å²) in [6.45, 7) is 8.03. The Morgan fingerprint density at radius 1 is 1.38 bits per heavy atom. The zero-order chi connectivity index (χ0) is 18.5. The molecule has 0 aromatic carbocycles. The number of aromatic nitrogens is 2. The van der Waals surface area contributed by atoms with Gasteiger partial charge in [-0.25, -0.2) is 9.59 Å². The van der Waals surface area contributed by atoms with Crippen molar-refractivity contribution in [3.8, 4) is 0 Å². The highest BCUT2D eigenvalue weighted by Crippen LogP contribution is 2.17. The van der Waals surface area contributed by atoms with Crippen molar-refractivity contribution in [1.29, 1.82) is 0 Å². The summed E-state index contributed by atoms with van der Waals surface area (Å²) in [4.78, 5) is 40.2. The van der Waals surface area contributed by atoms with E-state index in [2.05, 4.69) is 10.3 Å². The first-order chi connectivity index (χ1) is 11.1. The number of hydrogen-bond acceptors (Lipinski definition) is 5. The van der Waals surface area contributed by atoms with Crippen LogP contribution in [0.15, 0.2) is 9.59 Å². The number of amides is 2. The Morgan fingerprint density at radius 3 is 2.50 bits per heavy atom. The summed E-state index contributed by atoms with van der Waals surface area (Å²) in [5.74, 6) is -0.0363. The standard InChI is InChI=1S/C15H27N5O4/c1-6-7-20-11(16)10(12(21)17-13(20)22)19(8-9-24-5)14(23)18-15(2,3)4/h6-9,16H2,1-5H3,(H,18,23)(H,17,21,22). The maximum Gasteiger partial charge on any atom is 0.330 e. The van der Waals surface area contributed by atoms with Crippen molar-refractivity contribution in [2.75, 3.05) is 30.9 Å². The number of urea groups is 1. The Morgan fingerprint density at radius 2 is 2.00 bits per heavy atom. The molecular formula is C15H27N5O4. The molecule has 0 saturated carbocycles. The predicted octanol–water partition coefficient (Wildman–Crippen LogP) is 0.490. The number of hydrogen-bond donors (Lipinski definition) is 3. The fraction of sp³-hybridized carbons (Fsp3) is 0.667. The zero-order valence-corrected chi connectivity index (χ0v) is 14.9. The molecule has 0 spiro atoms. The number of ether oxygens (including phenoxy) is 1. The molecule has 1 rings (SSSR count). The molecule has 0 aliphatic heterocycles. The normalized spacial score (nSPS) is 11.4. The van der Waals surface area contributed by atoms with Gasteiger partial charge >= 0.3 is 11.7 Å². The number of carbonyl (C=O) groups excluding carboxylic acids is 1. The zero-order valence-electron chi connectivity index (χ0n) is 14.9. The molecule has 0 saturated heterocycles. The molecule has 24 heavy (non-hydrogen) atoms. The van der Waals surface area contributed by atoms with Gasteiger partial charge in [0, 0.05) is 19.2 Å². The van der Waals surface area contributed by atoms with Crippen molar-refractivity contribution in [2.24, 2.45) is 0 Å². The summed E-state index contributed by atoms with van der Waals surface area (Å²) in [6, 6.07) is -0.488. The Labute approximate surface area is 140 Å². The first-order valence-corrected chi connectivity index (χ1v) is 7.83. The molecule has 0 bridgehead atoms. The highest BCUT2D eigenvalue weighted by Gasteiger charge is 2.26. The monoisotopic (exact) mass is 341 g/mol. The Hall–Kier alpha value is -2.29. The lowest BCUT2D eigenvalue weighted by Crippen LogP contribution is -2.52. The number of methoxy groups -OCH3 is 1. The van der Waals surface area contributed by atoms with Gasteiger partial charge in [-0.1, -0.05) is 6.92 Å². The van der Waals surface area contributed by atoms with Gasteiger partial charge in [0.1, 0.15) is 5.82 Å². The number of nitrogens with zero attached hydrogens (tertiary/aromatic N) is 2. The number of anilines is 2. The van der Waals surface area contributed by atoms with Gasteiger partial charge in [0.05, 0.1) is 13.2 Å². The van der Waals surface area contributed by atoms with Crippen molar-refractivity contribution < 1.29 is 9.53 Å². The van der Waals surface area contributed by atoms with E-state index in [1.807, 2.05) is 27.7 Å². The molecule has 9 heteroatoms. The van der Waals surface area contributed by atoms with E-state index in [0.717, 1.165) is 0 Å². The van der Waals surface area contributed by atoms with Crippen LogP contribution in [0.2, 0.25) is 0 Å². The Balaban J connectivity index is 3.42. The summed E-state index contributed by atoms with van der Waals surface area (Å²) in [5.41, 5.74) is 4.18. The lowest BCUT2D eigenvalue weighted by Gasteiger charge is -2.29. The van der Waals surface area contributed by atoms with Gasteiger partial charge in [-0.05, 0) is 27.2 Å². The van der Waals surface area contributed by atoms with Gasteiger partial charge in [0.25, 0.3) is 5.56 Å². The highest BCUT2D eigenvalue weighted by atomic mass is 16.5. The van der Waals surface area contributed by atoms with Crippen LogP contribution in [0.5, 0.6) is 0 Å². The minimum Gasteiger partial charge on any atom is -0.383 e. The summed E-state index contributed by atoms with van der Waals surface area (Å²) < 4.78 is 6.26. The lowest BCUT2D eigenvalue weighted by atomic mass is 10.1. The minimum absolute atomic E-state index is 0.0363. The largest absolute Gasteiger partial charge is 0.383 e. The van der Waals surface area contributed by atoms with Crippen molar-refractivity contribution in [3.05, 3.63) is 20.8 Å². The van der Waals surface area contributed by atoms with E-state index in [-0.39, 0.29) is 24.7 Å². The fourth-order valence-electron chi connectivity index (χ4n) is 2.17. The lowest BCUT2D eigenvalue weighted by molar-refractivity contribution is 0.201. The van der Waals surface area contributed by atoms with Gasteiger partial charge in [-0.15, -0.1) is 0 Å². The number of carbonyl (C=O) groups is 1. The van der Waals surface area contributed by atoms with Gasteiger partial charge in [-0.3, -0.25) is 19.2 Å². The van der Waals surface area contributed by atoms with Crippen molar-refractivity contribution in [1.82, 2.24) is 14.9 Å². The van der Waals surface area contributed by atoms with Crippen LogP contribution in [0.25, 0.3) is 0 Å². The second kappa shape index (κ2) is 8.00. The second-order valence-electron chi connectivity index (χ2n) is 6.47. The molecular weight excluding hydrogens is 314 g/mol. The van der Waals surface area contributed by atoms with Crippen molar-refractivity contribution >= 4 is 17.5 Å². The molecule has 1 aromatic heterocycles. The van der Waals surface area contributed by atoms with Crippen LogP contribution in [0.1, 0.15) is 34.1 Å². The number of nitrogens with two attached hydrogens (primary N) is 1. The van der Waals surface area contributed by atoms with Crippen LogP contribution in [0, 0.1) is 0 Å². The topological polar surface area (TPSA) is 122 Å². The molecule has 0 atom stereocenters. The third kappa shape index (κ3) is 4.85. The number of rotatable bonds is 6. The highest BCUT2D eigenvalue weighted by molar-refractivity contribution is 5.94. The molecule has 9 nitrogen and oxygen atoms in total. The molecule has 0 aliphatic rings. The Kier molecular flexibility index (Phi) is 6.59. The van der Waals surface area contributed by atoms with Gasteiger partial charge in [0.15, 0.2) is 5.69 Å². The maximum absolute atomic E-state index is 12.6. The van der Waals surface area contributed by atoms with E-state index < -0.39 is 22.8 Å². The van der Waals surface area contributed by atoms with Crippen LogP contribution in [-0.2, 0) is 11.3 Å². The van der Waals surface area contributed by atoms with E-state index in [1.54, 1.807) is 0 Å². The molecule has 4 N–H and O–H groups in total. The molecule has 1 heterocycles. The molecule has 1 aromatic rings. The predicted molar refractivity (Wildman–Crippen MR) is 93.5 cm³/mol. The van der Waals surface area contributed by atoms with E-state index in [0.29, 0.717) is 13.0 Å². The van der Waals surface area contributed by atoms with Crippen LogP contribution in [-0.4, -0.2) is 41.4 Å². The molecule has 136 valence electrons. The van der Waals surface area contributed by atoms with Gasteiger partial charge in [-0.2, -0.15) is 0 Å². The first kappa shape index (κ1) is 19.8. The fourth-order valence-corrected chi connectivity index (χ4v) is 2.17. The van der Waals surface area contributed by atoms with Crippen molar-refractivity contribution in [2.45, 2.75) is 46.2 Å². The first-order valence-electron chi connectivity index (χ1n) is 7.83. The summed E-state index contributed by atoms with van der Waals surface area (Å²) in [7, 11) is 1.49. The number of aromatic amines is 1. The number of H-pyrrole nitrogens is 1. The van der Waals surface area contributed by atoms with Crippen LogP contribution in [0.3, 0.4) is 0 Å². The third-order valence-corrected chi connectivity index (χ3v) is 3.18. The molecule has 2 amide bonds. The van der Waals surface area contributed by atoms with Gasteiger partial charge in [0.2, 0.25) is 0 Å². The van der Waals surface area contributed by atoms with Crippen LogP contribution < -0.4 is 27.2 Å². The second-order valence-corrected chi connectivity index (χ2v) is 6.47. The van der Waals surface area contributed by atoms with E-state index in [9.17, 15) is 14.4 Å². The Bertz CT molecular complexity index is 687. The number of nitrogen functional groups attached to an aromatic ring is 1. The summed E-state index contributed by atoms with van der Waals surface area (Å²) in [5, 5.41) is 2.78. The molecule has 0 aliphatic carbocycles. The van der Waals surface area contributed by atoms with Crippen molar-refractivity contribution in [3.63, 3.8) is 0 Å². The van der Waals surface area contributed by atoms with E-state index in [4.69, 9.17) is 10.5 Å². The van der Waals surface area contributed by atoms with Gasteiger partial charge < -0.3 is 15.8 Å².